The van der Waals surface area contributed by atoms with Crippen LogP contribution >= 0.6 is 34.0 Å². The van der Waals surface area contributed by atoms with Crippen molar-refractivity contribution in [3.8, 4) is 0 Å². The van der Waals surface area contributed by atoms with Crippen LogP contribution in [0.5, 0.6) is 0 Å². The molecule has 0 saturated carbocycles. The van der Waals surface area contributed by atoms with Crippen molar-refractivity contribution < 1.29 is 9.59 Å². The third-order valence-electron chi connectivity index (χ3n) is 11.2. The highest BCUT2D eigenvalue weighted by molar-refractivity contribution is 7.26. The van der Waals surface area contributed by atoms with Crippen LogP contribution in [0.3, 0.4) is 0 Å². The lowest BCUT2D eigenvalue weighted by Gasteiger charge is -2.07. The molecule has 0 aliphatic carbocycles. The molecule has 7 aromatic heterocycles. The Morgan fingerprint density at radius 3 is 1.40 bits per heavy atom. The third kappa shape index (κ3) is 7.35. The first kappa shape index (κ1) is 37.8. The van der Waals surface area contributed by atoms with Gasteiger partial charge in [0.05, 0.1) is 31.5 Å². The van der Waals surface area contributed by atoms with Crippen molar-refractivity contribution in [2.75, 3.05) is 13.1 Å². The minimum Gasteiger partial charge on any atom is -0.356 e. The normalized spacial score (nSPS) is 12.3. The number of pyridine rings is 2. The van der Waals surface area contributed by atoms with E-state index in [-0.39, 0.29) is 22.9 Å². The molecule has 0 spiro atoms. The molecule has 0 unspecified atom stereocenters. The SMILES string of the molecule is CCCCCCCCNC(=O)CCc1cc2c(cc3c4ccc5c6c(sc(c(=O)n23)c46)c(=O)n2c3cc(CCC(=O)NCCCCCCCC)sc3cc52)s1. The molecule has 0 saturated heterocycles. The first-order valence-electron chi connectivity index (χ1n) is 20.4. The summed E-state index contributed by atoms with van der Waals surface area (Å²) in [6.45, 7) is 5.89. The van der Waals surface area contributed by atoms with Crippen molar-refractivity contribution in [2.24, 2.45) is 0 Å². The summed E-state index contributed by atoms with van der Waals surface area (Å²) in [5.41, 5.74) is 3.23. The van der Waals surface area contributed by atoms with Crippen LogP contribution in [-0.2, 0) is 22.4 Å². The fourth-order valence-electron chi connectivity index (χ4n) is 8.29. The number of aromatic nitrogens is 2. The summed E-state index contributed by atoms with van der Waals surface area (Å²) in [5, 5.41) is 9.84. The van der Waals surface area contributed by atoms with E-state index in [1.165, 1.54) is 62.7 Å². The summed E-state index contributed by atoms with van der Waals surface area (Å²) >= 11 is 4.60. The summed E-state index contributed by atoms with van der Waals surface area (Å²) < 4.78 is 6.87. The standard InChI is InChI=1S/C44H50N4O4S3/c1-3-5-7-9-11-13-21-45-37(49)19-15-27-23-33-35(53-27)25-31-29-17-18-30-32-26-36-34(24-28(54-36)16-20-38(50)46-22-14-12-10-8-6-4-2)48(32)44(52)42-40(30)39(29)41(55-42)43(51)47(31)33/h17-18,23-26H,3-16,19-22H2,1-2H3,(H,45,49)(H,46,50). The highest BCUT2D eigenvalue weighted by Crippen LogP contribution is 2.43. The van der Waals surface area contributed by atoms with E-state index in [0.29, 0.717) is 35.1 Å². The minimum absolute atomic E-state index is 0.0729. The van der Waals surface area contributed by atoms with Crippen LogP contribution < -0.4 is 21.8 Å². The van der Waals surface area contributed by atoms with Crippen LogP contribution in [0.25, 0.3) is 62.4 Å². The maximum Gasteiger partial charge on any atom is 0.273 e. The Hall–Kier alpha value is -4.06. The number of unbranched alkanes of at least 4 members (excludes halogenated alkanes) is 10. The van der Waals surface area contributed by atoms with Crippen molar-refractivity contribution in [3.63, 3.8) is 0 Å². The molecule has 1 aromatic carbocycles. The van der Waals surface area contributed by atoms with Gasteiger partial charge in [-0.1, -0.05) is 90.2 Å². The molecule has 8 rings (SSSR count). The molecule has 0 aliphatic heterocycles. The van der Waals surface area contributed by atoms with E-state index < -0.39 is 0 Å². The third-order valence-corrected chi connectivity index (χ3v) is 14.6. The predicted molar refractivity (Wildman–Crippen MR) is 234 cm³/mol. The highest BCUT2D eigenvalue weighted by Gasteiger charge is 2.25. The first-order valence-corrected chi connectivity index (χ1v) is 22.8. The van der Waals surface area contributed by atoms with Gasteiger partial charge < -0.3 is 10.6 Å². The zero-order valence-electron chi connectivity index (χ0n) is 31.9. The molecule has 11 heteroatoms. The monoisotopic (exact) mass is 794 g/mol. The van der Waals surface area contributed by atoms with Crippen molar-refractivity contribution in [1.29, 1.82) is 0 Å². The number of fused-ring (bicyclic) bond motifs is 8. The van der Waals surface area contributed by atoms with Crippen molar-refractivity contribution in [1.82, 2.24) is 19.4 Å². The molecule has 8 nitrogen and oxygen atoms in total. The van der Waals surface area contributed by atoms with Crippen molar-refractivity contribution in [2.45, 2.75) is 117 Å². The van der Waals surface area contributed by atoms with Crippen molar-refractivity contribution in [3.05, 3.63) is 66.9 Å². The van der Waals surface area contributed by atoms with E-state index in [1.807, 2.05) is 0 Å². The first-order chi connectivity index (χ1) is 26.9. The van der Waals surface area contributed by atoms with Gasteiger partial charge in [0.15, 0.2) is 0 Å². The van der Waals surface area contributed by atoms with Gasteiger partial charge in [-0.05, 0) is 49.9 Å². The van der Waals surface area contributed by atoms with Gasteiger partial charge in [0.1, 0.15) is 9.40 Å². The molecule has 8 aromatic rings. The number of hydrogen-bond donors (Lipinski definition) is 2. The molecule has 0 aliphatic rings. The Bertz CT molecular complexity index is 2560. The highest BCUT2D eigenvalue weighted by atomic mass is 32.1. The number of rotatable bonds is 20. The van der Waals surface area contributed by atoms with Gasteiger partial charge in [-0.15, -0.1) is 34.0 Å². The molecule has 0 atom stereocenters. The lowest BCUT2D eigenvalue weighted by Crippen LogP contribution is -2.24. The number of carbonyl (C=O) groups is 2. The summed E-state index contributed by atoms with van der Waals surface area (Å²) in [6, 6.07) is 12.5. The molecule has 288 valence electrons. The number of nitrogens with zero attached hydrogens (tertiary/aromatic N) is 2. The number of nitrogens with one attached hydrogen (secondary N) is 2. The molecule has 7 heterocycles. The van der Waals surface area contributed by atoms with Gasteiger partial charge in [-0.2, -0.15) is 0 Å². The lowest BCUT2D eigenvalue weighted by molar-refractivity contribution is -0.121. The fourth-order valence-corrected chi connectivity index (χ4v) is 11.6. The van der Waals surface area contributed by atoms with Crippen LogP contribution in [0.2, 0.25) is 0 Å². The smallest absolute Gasteiger partial charge is 0.273 e. The number of amides is 2. The topological polar surface area (TPSA) is 101 Å². The molecule has 0 bridgehead atoms. The molecular formula is C44H50N4O4S3. The van der Waals surface area contributed by atoms with E-state index >= 15 is 0 Å². The number of carbonyl (C=O) groups excluding carboxylic acids is 2. The Balaban J connectivity index is 1.01. The Labute approximate surface area is 332 Å². The molecular weight excluding hydrogens is 745 g/mol. The van der Waals surface area contributed by atoms with Crippen LogP contribution in [-0.4, -0.2) is 33.7 Å². The van der Waals surface area contributed by atoms with Gasteiger partial charge in [0, 0.05) is 57.2 Å². The average molecular weight is 795 g/mol. The van der Waals surface area contributed by atoms with Gasteiger partial charge in [-0.25, -0.2) is 0 Å². The maximum absolute atomic E-state index is 14.3. The second kappa shape index (κ2) is 16.6. The van der Waals surface area contributed by atoms with Crippen LogP contribution in [0.4, 0.5) is 0 Å². The van der Waals surface area contributed by atoms with Crippen LogP contribution in [0.1, 0.15) is 113 Å². The molecule has 2 amide bonds. The van der Waals surface area contributed by atoms with Gasteiger partial charge >= 0.3 is 0 Å². The van der Waals surface area contributed by atoms with Gasteiger partial charge in [0.2, 0.25) is 11.8 Å². The van der Waals surface area contributed by atoms with E-state index in [0.717, 1.165) is 102 Å². The Kier molecular flexibility index (Phi) is 11.4. The minimum atomic E-state index is -0.103. The van der Waals surface area contributed by atoms with Crippen molar-refractivity contribution >= 4 is 108 Å². The van der Waals surface area contributed by atoms with Crippen LogP contribution in [0.15, 0.2) is 46.0 Å². The Morgan fingerprint density at radius 1 is 0.545 bits per heavy atom. The predicted octanol–water partition coefficient (Wildman–Crippen LogP) is 10.6. The summed E-state index contributed by atoms with van der Waals surface area (Å²) in [4.78, 5) is 55.9. The number of aryl methyl sites for hydroxylation is 2. The van der Waals surface area contributed by atoms with E-state index in [4.69, 9.17) is 0 Å². The fraction of sp³-hybridized carbons (Fsp3) is 0.455. The molecule has 55 heavy (non-hydrogen) atoms. The second-order valence-corrected chi connectivity index (χ2v) is 18.5. The summed E-state index contributed by atoms with van der Waals surface area (Å²) in [7, 11) is 0. The number of hydrogen-bond acceptors (Lipinski definition) is 7. The van der Waals surface area contributed by atoms with E-state index in [2.05, 4.69) is 60.9 Å². The molecule has 0 fully saturated rings. The second-order valence-electron chi connectivity index (χ2n) is 15.2. The molecule has 0 radical (unpaired) electrons. The van der Waals surface area contributed by atoms with E-state index in [1.54, 1.807) is 31.5 Å². The van der Waals surface area contributed by atoms with Crippen LogP contribution in [0, 0.1) is 0 Å². The largest absolute Gasteiger partial charge is 0.356 e. The van der Waals surface area contributed by atoms with E-state index in [9.17, 15) is 19.2 Å². The number of thiophene rings is 3. The quantitative estimate of drug-likeness (QED) is 0.0593. The maximum atomic E-state index is 14.3. The average Bonchev–Trinajstić information content (AvgIpc) is 4.00. The summed E-state index contributed by atoms with van der Waals surface area (Å²) in [5.74, 6) is 0.146. The lowest BCUT2D eigenvalue weighted by atomic mass is 10.0. The van der Waals surface area contributed by atoms with Gasteiger partial charge in [-0.3, -0.25) is 28.0 Å². The number of benzene rings is 1. The zero-order valence-corrected chi connectivity index (χ0v) is 34.4. The summed E-state index contributed by atoms with van der Waals surface area (Å²) in [6.07, 6.45) is 16.5. The zero-order chi connectivity index (χ0) is 38.1. The molecule has 2 N–H and O–H groups in total. The Morgan fingerprint density at radius 2 is 0.964 bits per heavy atom. The van der Waals surface area contributed by atoms with Gasteiger partial charge in [0.25, 0.3) is 11.1 Å².